The summed E-state index contributed by atoms with van der Waals surface area (Å²) >= 11 is 0.982. The molecule has 0 spiro atoms. The minimum Gasteiger partial charge on any atom is -0.321 e. The van der Waals surface area contributed by atoms with E-state index in [9.17, 15) is 22.8 Å². The molecule has 2 N–H and O–H groups in total. The molecular formula is C19H13F3N2O2S. The molecule has 0 aliphatic rings. The van der Waals surface area contributed by atoms with Gasteiger partial charge in [0, 0.05) is 17.9 Å². The number of nitrogens with one attached hydrogen (secondary N) is 2. The molecule has 0 saturated carbocycles. The SMILES string of the molecule is CSNC(=O)c1cc(F)c(F)cc1NC(=O)c1ccc2cc(F)ccc2c1. The van der Waals surface area contributed by atoms with Crippen molar-refractivity contribution in [3.8, 4) is 0 Å². The maximum Gasteiger partial charge on any atom is 0.263 e. The molecule has 138 valence electrons. The molecule has 0 radical (unpaired) electrons. The highest BCUT2D eigenvalue weighted by atomic mass is 32.2. The van der Waals surface area contributed by atoms with Crippen LogP contribution in [0.5, 0.6) is 0 Å². The molecule has 0 fully saturated rings. The average molecular weight is 390 g/mol. The Morgan fingerprint density at radius 1 is 0.852 bits per heavy atom. The Kier molecular flexibility index (Phi) is 5.36. The molecule has 0 aliphatic heterocycles. The normalized spacial score (nSPS) is 10.7. The summed E-state index contributed by atoms with van der Waals surface area (Å²) in [6.45, 7) is 0. The highest BCUT2D eigenvalue weighted by Gasteiger charge is 2.18. The van der Waals surface area contributed by atoms with E-state index in [1.807, 2.05) is 0 Å². The van der Waals surface area contributed by atoms with E-state index < -0.39 is 29.3 Å². The summed E-state index contributed by atoms with van der Waals surface area (Å²) in [4.78, 5) is 24.6. The lowest BCUT2D eigenvalue weighted by Gasteiger charge is -2.12. The van der Waals surface area contributed by atoms with Gasteiger partial charge in [-0.25, -0.2) is 13.2 Å². The molecule has 0 saturated heterocycles. The van der Waals surface area contributed by atoms with Gasteiger partial charge in [-0.15, -0.1) is 0 Å². The minimum absolute atomic E-state index is 0.162. The minimum atomic E-state index is -1.20. The Morgan fingerprint density at radius 3 is 2.26 bits per heavy atom. The molecular weight excluding hydrogens is 377 g/mol. The van der Waals surface area contributed by atoms with Crippen LogP contribution in [-0.4, -0.2) is 18.1 Å². The molecule has 0 unspecified atom stereocenters. The fourth-order valence-electron chi connectivity index (χ4n) is 2.54. The molecule has 0 atom stereocenters. The summed E-state index contributed by atoms with van der Waals surface area (Å²) in [5.41, 5.74) is -0.154. The first-order valence-corrected chi connectivity index (χ1v) is 8.94. The van der Waals surface area contributed by atoms with Crippen molar-refractivity contribution in [3.05, 3.63) is 77.1 Å². The molecule has 3 aromatic carbocycles. The summed E-state index contributed by atoms with van der Waals surface area (Å²) in [6.07, 6.45) is 1.59. The molecule has 0 aromatic heterocycles. The monoisotopic (exact) mass is 390 g/mol. The van der Waals surface area contributed by atoms with Crippen molar-refractivity contribution in [1.82, 2.24) is 4.72 Å². The van der Waals surface area contributed by atoms with Gasteiger partial charge in [0.05, 0.1) is 11.3 Å². The second kappa shape index (κ2) is 7.71. The van der Waals surface area contributed by atoms with Gasteiger partial charge < -0.3 is 5.32 Å². The van der Waals surface area contributed by atoms with Gasteiger partial charge in [-0.2, -0.15) is 0 Å². The predicted molar refractivity (Wildman–Crippen MR) is 99.2 cm³/mol. The Bertz CT molecular complexity index is 1060. The molecule has 2 amide bonds. The van der Waals surface area contributed by atoms with E-state index >= 15 is 0 Å². The van der Waals surface area contributed by atoms with Gasteiger partial charge in [0.1, 0.15) is 5.82 Å². The summed E-state index contributed by atoms with van der Waals surface area (Å²) in [6, 6.07) is 10.2. The number of rotatable bonds is 4. The lowest BCUT2D eigenvalue weighted by molar-refractivity contribution is 0.0985. The van der Waals surface area contributed by atoms with Crippen molar-refractivity contribution in [2.75, 3.05) is 11.6 Å². The average Bonchev–Trinajstić information content (AvgIpc) is 2.64. The van der Waals surface area contributed by atoms with E-state index in [4.69, 9.17) is 0 Å². The standard InChI is InChI=1S/C19H13F3N2O2S/c1-27-24-19(26)14-8-15(21)16(22)9-17(14)23-18(25)12-3-2-11-7-13(20)5-4-10(11)6-12/h2-9H,1H3,(H,23,25)(H,24,26). The Balaban J connectivity index is 1.94. The third kappa shape index (κ3) is 4.06. The van der Waals surface area contributed by atoms with Gasteiger partial charge in [-0.05, 0) is 41.1 Å². The number of carbonyl (C=O) groups excluding carboxylic acids is 2. The highest BCUT2D eigenvalue weighted by Crippen LogP contribution is 2.23. The number of benzene rings is 3. The van der Waals surface area contributed by atoms with E-state index in [0.29, 0.717) is 10.8 Å². The summed E-state index contributed by atoms with van der Waals surface area (Å²) in [7, 11) is 0. The predicted octanol–water partition coefficient (Wildman–Crippen LogP) is 4.52. The molecule has 8 heteroatoms. The lowest BCUT2D eigenvalue weighted by Crippen LogP contribution is -2.20. The van der Waals surface area contributed by atoms with Crippen molar-refractivity contribution in [3.63, 3.8) is 0 Å². The quantitative estimate of drug-likeness (QED) is 0.644. The van der Waals surface area contributed by atoms with Crippen molar-refractivity contribution in [1.29, 1.82) is 0 Å². The first-order valence-electron chi connectivity index (χ1n) is 7.72. The lowest BCUT2D eigenvalue weighted by atomic mass is 10.1. The van der Waals surface area contributed by atoms with Crippen molar-refractivity contribution < 1.29 is 22.8 Å². The molecule has 27 heavy (non-hydrogen) atoms. The van der Waals surface area contributed by atoms with E-state index in [-0.39, 0.29) is 16.8 Å². The van der Waals surface area contributed by atoms with Crippen molar-refractivity contribution in [2.45, 2.75) is 0 Å². The first-order chi connectivity index (χ1) is 12.9. The smallest absolute Gasteiger partial charge is 0.263 e. The number of hydrogen-bond donors (Lipinski definition) is 2. The third-order valence-electron chi connectivity index (χ3n) is 3.81. The van der Waals surface area contributed by atoms with Crippen LogP contribution in [0.3, 0.4) is 0 Å². The fraction of sp³-hybridized carbons (Fsp3) is 0.0526. The largest absolute Gasteiger partial charge is 0.321 e. The van der Waals surface area contributed by atoms with Crippen LogP contribution in [-0.2, 0) is 0 Å². The molecule has 3 aromatic rings. The van der Waals surface area contributed by atoms with Gasteiger partial charge in [-0.1, -0.05) is 24.1 Å². The third-order valence-corrected chi connectivity index (χ3v) is 4.20. The summed E-state index contributed by atoms with van der Waals surface area (Å²) in [5.74, 6) is -4.09. The highest BCUT2D eigenvalue weighted by molar-refractivity contribution is 7.97. The van der Waals surface area contributed by atoms with E-state index in [1.54, 1.807) is 12.3 Å². The molecule has 0 heterocycles. The van der Waals surface area contributed by atoms with Gasteiger partial charge >= 0.3 is 0 Å². The van der Waals surface area contributed by atoms with E-state index in [2.05, 4.69) is 10.0 Å². The summed E-state index contributed by atoms with van der Waals surface area (Å²) < 4.78 is 42.8. The molecule has 4 nitrogen and oxygen atoms in total. The second-order valence-electron chi connectivity index (χ2n) is 5.61. The maximum absolute atomic E-state index is 13.6. The second-order valence-corrected chi connectivity index (χ2v) is 6.22. The number of anilines is 1. The van der Waals surface area contributed by atoms with Gasteiger partial charge in [-0.3, -0.25) is 14.3 Å². The van der Waals surface area contributed by atoms with Gasteiger partial charge in [0.2, 0.25) is 0 Å². The van der Waals surface area contributed by atoms with Crippen LogP contribution in [0.4, 0.5) is 18.9 Å². The first kappa shape index (κ1) is 18.8. The summed E-state index contributed by atoms with van der Waals surface area (Å²) in [5, 5.41) is 3.67. The number of amides is 2. The Labute approximate surface area is 156 Å². The topological polar surface area (TPSA) is 58.2 Å². The number of hydrogen-bond acceptors (Lipinski definition) is 3. The van der Waals surface area contributed by atoms with Crippen LogP contribution in [0.25, 0.3) is 10.8 Å². The van der Waals surface area contributed by atoms with E-state index in [0.717, 1.165) is 24.1 Å². The van der Waals surface area contributed by atoms with Crippen molar-refractivity contribution >= 4 is 40.2 Å². The molecule has 0 aliphatic carbocycles. The van der Waals surface area contributed by atoms with Crippen LogP contribution in [0.2, 0.25) is 0 Å². The number of fused-ring (bicyclic) bond motifs is 1. The Morgan fingerprint density at radius 2 is 1.52 bits per heavy atom. The number of halogens is 3. The van der Waals surface area contributed by atoms with Crippen LogP contribution in [0.1, 0.15) is 20.7 Å². The Hall–Kier alpha value is -3.00. The molecule has 0 bridgehead atoms. The van der Waals surface area contributed by atoms with Gasteiger partial charge in [0.25, 0.3) is 11.8 Å². The van der Waals surface area contributed by atoms with Gasteiger partial charge in [0.15, 0.2) is 11.6 Å². The molecule has 3 rings (SSSR count). The maximum atomic E-state index is 13.6. The van der Waals surface area contributed by atoms with Crippen LogP contribution >= 0.6 is 11.9 Å². The zero-order chi connectivity index (χ0) is 19.6. The number of carbonyl (C=O) groups is 2. The van der Waals surface area contributed by atoms with Crippen LogP contribution in [0.15, 0.2) is 48.5 Å². The zero-order valence-electron chi connectivity index (χ0n) is 14.0. The zero-order valence-corrected chi connectivity index (χ0v) is 14.8. The van der Waals surface area contributed by atoms with Crippen molar-refractivity contribution in [2.24, 2.45) is 0 Å². The van der Waals surface area contributed by atoms with Crippen LogP contribution < -0.4 is 10.0 Å². The fourth-order valence-corrected chi connectivity index (χ4v) is 2.83. The van der Waals surface area contributed by atoms with Crippen LogP contribution in [0, 0.1) is 17.5 Å². The van der Waals surface area contributed by atoms with E-state index in [1.165, 1.54) is 30.3 Å².